The van der Waals surface area contributed by atoms with E-state index in [0.717, 1.165) is 29.2 Å². The molecular weight excluding hydrogens is 378 g/mol. The molecule has 0 aliphatic carbocycles. The molecule has 1 aliphatic rings. The number of carbonyl (C=O) groups excluding carboxylic acids is 1. The fraction of sp³-hybridized carbons (Fsp3) is 0.261. The van der Waals surface area contributed by atoms with Gasteiger partial charge in [-0.2, -0.15) is 4.98 Å². The zero-order valence-corrected chi connectivity index (χ0v) is 17.1. The monoisotopic (exact) mass is 403 g/mol. The smallest absolute Gasteiger partial charge is 0.229 e. The summed E-state index contributed by atoms with van der Waals surface area (Å²) in [5.41, 5.74) is 4.62. The first-order chi connectivity index (χ1) is 14.5. The van der Waals surface area contributed by atoms with Crippen LogP contribution in [0.25, 0.3) is 0 Å². The largest absolute Gasteiger partial charge is 0.381 e. The number of hydrogen-bond donors (Lipinski definition) is 3. The lowest BCUT2D eigenvalue weighted by atomic mass is 10.1. The van der Waals surface area contributed by atoms with E-state index in [1.165, 1.54) is 5.56 Å². The lowest BCUT2D eigenvalue weighted by Crippen LogP contribution is -2.22. The van der Waals surface area contributed by atoms with Gasteiger partial charge in [-0.15, -0.1) is 0 Å². The minimum absolute atomic E-state index is 0.00598. The van der Waals surface area contributed by atoms with Crippen molar-refractivity contribution in [3.05, 3.63) is 65.9 Å². The number of ether oxygens (including phenoxy) is 1. The molecule has 1 unspecified atom stereocenters. The number of rotatable bonds is 6. The van der Waals surface area contributed by atoms with Gasteiger partial charge in [-0.05, 0) is 56.7 Å². The van der Waals surface area contributed by atoms with E-state index in [-0.39, 0.29) is 11.8 Å². The zero-order valence-electron chi connectivity index (χ0n) is 17.1. The Morgan fingerprint density at radius 3 is 2.30 bits per heavy atom. The van der Waals surface area contributed by atoms with Crippen LogP contribution < -0.4 is 16.0 Å². The van der Waals surface area contributed by atoms with E-state index in [0.29, 0.717) is 25.0 Å². The molecule has 2 heterocycles. The Kier molecular flexibility index (Phi) is 5.90. The number of amides is 1. The number of carbonyl (C=O) groups is 1. The second-order valence-corrected chi connectivity index (χ2v) is 7.46. The van der Waals surface area contributed by atoms with E-state index >= 15 is 0 Å². The average molecular weight is 403 g/mol. The summed E-state index contributed by atoms with van der Waals surface area (Å²) in [6, 6.07) is 17.5. The van der Waals surface area contributed by atoms with Crippen LogP contribution in [0.3, 0.4) is 0 Å². The molecule has 3 N–H and O–H groups in total. The third-order valence-corrected chi connectivity index (χ3v) is 4.89. The van der Waals surface area contributed by atoms with E-state index < -0.39 is 0 Å². The predicted molar refractivity (Wildman–Crippen MR) is 119 cm³/mol. The third kappa shape index (κ3) is 5.12. The molecule has 30 heavy (non-hydrogen) atoms. The van der Waals surface area contributed by atoms with Crippen molar-refractivity contribution in [2.24, 2.45) is 5.92 Å². The molecule has 154 valence electrons. The quantitative estimate of drug-likeness (QED) is 0.559. The highest BCUT2D eigenvalue weighted by atomic mass is 16.5. The highest BCUT2D eigenvalue weighted by Gasteiger charge is 2.23. The first-order valence-corrected chi connectivity index (χ1v) is 10.0. The maximum atomic E-state index is 12.2. The number of aryl methyl sites for hydroxylation is 2. The summed E-state index contributed by atoms with van der Waals surface area (Å²) in [6.45, 7) is 5.13. The molecule has 1 fully saturated rings. The fourth-order valence-electron chi connectivity index (χ4n) is 3.22. The molecule has 1 saturated heterocycles. The van der Waals surface area contributed by atoms with Crippen LogP contribution in [0.15, 0.2) is 54.6 Å². The fourth-order valence-corrected chi connectivity index (χ4v) is 3.22. The molecule has 4 rings (SSSR count). The van der Waals surface area contributed by atoms with Crippen LogP contribution in [0.4, 0.5) is 28.8 Å². The summed E-state index contributed by atoms with van der Waals surface area (Å²) in [5.74, 6) is 1.17. The molecule has 2 aromatic carbocycles. The van der Waals surface area contributed by atoms with Gasteiger partial charge in [0.1, 0.15) is 5.82 Å². The van der Waals surface area contributed by atoms with Crippen LogP contribution in [0, 0.1) is 19.8 Å². The van der Waals surface area contributed by atoms with Crippen molar-refractivity contribution in [1.29, 1.82) is 0 Å². The summed E-state index contributed by atoms with van der Waals surface area (Å²) >= 11 is 0. The molecule has 0 spiro atoms. The Morgan fingerprint density at radius 2 is 1.60 bits per heavy atom. The minimum Gasteiger partial charge on any atom is -0.381 e. The number of nitrogens with one attached hydrogen (secondary N) is 3. The molecule has 7 heteroatoms. The predicted octanol–water partition coefficient (Wildman–Crippen LogP) is 4.56. The molecule has 7 nitrogen and oxygen atoms in total. The van der Waals surface area contributed by atoms with Crippen LogP contribution in [0.2, 0.25) is 0 Å². The topological polar surface area (TPSA) is 88.2 Å². The third-order valence-electron chi connectivity index (χ3n) is 4.89. The highest BCUT2D eigenvalue weighted by Crippen LogP contribution is 2.22. The maximum Gasteiger partial charge on any atom is 0.229 e. The Hall–Kier alpha value is -3.45. The molecule has 0 radical (unpaired) electrons. The first-order valence-electron chi connectivity index (χ1n) is 10.0. The van der Waals surface area contributed by atoms with Crippen molar-refractivity contribution in [2.45, 2.75) is 20.3 Å². The highest BCUT2D eigenvalue weighted by molar-refractivity contribution is 5.93. The van der Waals surface area contributed by atoms with Gasteiger partial charge in [0.2, 0.25) is 11.9 Å². The van der Waals surface area contributed by atoms with Gasteiger partial charge in [0.15, 0.2) is 0 Å². The number of hydrogen-bond acceptors (Lipinski definition) is 6. The van der Waals surface area contributed by atoms with Gasteiger partial charge in [0.25, 0.3) is 0 Å². The molecule has 3 aromatic rings. The zero-order chi connectivity index (χ0) is 20.9. The summed E-state index contributed by atoms with van der Waals surface area (Å²) in [4.78, 5) is 21.2. The second-order valence-electron chi connectivity index (χ2n) is 7.46. The first kappa shape index (κ1) is 19.8. The Labute approximate surface area is 175 Å². The Bertz CT molecular complexity index is 1010. The van der Waals surface area contributed by atoms with Gasteiger partial charge >= 0.3 is 0 Å². The van der Waals surface area contributed by atoms with Crippen molar-refractivity contribution in [3.63, 3.8) is 0 Å². The lowest BCUT2D eigenvalue weighted by Gasteiger charge is -2.12. The van der Waals surface area contributed by atoms with Crippen LogP contribution in [-0.4, -0.2) is 29.1 Å². The minimum atomic E-state index is -0.0637. The van der Waals surface area contributed by atoms with Crippen LogP contribution in [-0.2, 0) is 9.53 Å². The lowest BCUT2D eigenvalue weighted by molar-refractivity contribution is -0.119. The van der Waals surface area contributed by atoms with Gasteiger partial charge in [-0.1, -0.05) is 17.7 Å². The molecule has 1 aromatic heterocycles. The molecular formula is C23H25N5O2. The molecule has 0 bridgehead atoms. The standard InChI is InChI=1S/C23H25N5O2/c1-15-3-5-20(6-4-15)27-23-24-16(2)13-21(28-23)25-18-7-9-19(10-8-18)26-22(29)17-11-12-30-14-17/h3-10,13,17H,11-12,14H2,1-2H3,(H,26,29)(H2,24,25,27,28). The van der Waals surface area contributed by atoms with E-state index in [2.05, 4.69) is 32.8 Å². The number of nitrogens with zero attached hydrogens (tertiary/aromatic N) is 2. The van der Waals surface area contributed by atoms with Gasteiger partial charge in [0.05, 0.1) is 12.5 Å². The number of benzene rings is 2. The van der Waals surface area contributed by atoms with E-state index in [1.54, 1.807) is 0 Å². The van der Waals surface area contributed by atoms with Gasteiger partial charge in [-0.25, -0.2) is 4.98 Å². The van der Waals surface area contributed by atoms with Crippen LogP contribution in [0.5, 0.6) is 0 Å². The summed E-state index contributed by atoms with van der Waals surface area (Å²) in [6.07, 6.45) is 0.775. The van der Waals surface area contributed by atoms with Crippen molar-refractivity contribution < 1.29 is 9.53 Å². The molecule has 1 aliphatic heterocycles. The van der Waals surface area contributed by atoms with Gasteiger partial charge in [0, 0.05) is 35.4 Å². The number of anilines is 5. The van der Waals surface area contributed by atoms with E-state index in [4.69, 9.17) is 4.74 Å². The Morgan fingerprint density at radius 1 is 0.933 bits per heavy atom. The van der Waals surface area contributed by atoms with Crippen LogP contribution in [0.1, 0.15) is 17.7 Å². The summed E-state index contributed by atoms with van der Waals surface area (Å²) < 4.78 is 5.28. The normalized spacial score (nSPS) is 15.6. The molecule has 0 saturated carbocycles. The van der Waals surface area contributed by atoms with Gasteiger partial charge < -0.3 is 20.7 Å². The maximum absolute atomic E-state index is 12.2. The van der Waals surface area contributed by atoms with Crippen molar-refractivity contribution >= 4 is 34.7 Å². The molecule has 1 amide bonds. The van der Waals surface area contributed by atoms with Crippen LogP contribution >= 0.6 is 0 Å². The van der Waals surface area contributed by atoms with Crippen molar-refractivity contribution in [1.82, 2.24) is 9.97 Å². The summed E-state index contributed by atoms with van der Waals surface area (Å²) in [5, 5.41) is 9.47. The second kappa shape index (κ2) is 8.92. The number of aromatic nitrogens is 2. The van der Waals surface area contributed by atoms with Crippen molar-refractivity contribution in [3.8, 4) is 0 Å². The molecule has 1 atom stereocenters. The SMILES string of the molecule is Cc1ccc(Nc2nc(C)cc(Nc3ccc(NC(=O)C4CCOC4)cc3)n2)cc1. The van der Waals surface area contributed by atoms with Crippen molar-refractivity contribution in [2.75, 3.05) is 29.2 Å². The average Bonchev–Trinajstić information content (AvgIpc) is 3.26. The van der Waals surface area contributed by atoms with E-state index in [9.17, 15) is 4.79 Å². The summed E-state index contributed by atoms with van der Waals surface area (Å²) in [7, 11) is 0. The van der Waals surface area contributed by atoms with Gasteiger partial charge in [-0.3, -0.25) is 4.79 Å². The van der Waals surface area contributed by atoms with E-state index in [1.807, 2.05) is 61.5 Å². The Balaban J connectivity index is 1.41.